The van der Waals surface area contributed by atoms with E-state index in [-0.39, 0.29) is 5.82 Å². The Morgan fingerprint density at radius 3 is 2.74 bits per heavy atom. The molecule has 1 aliphatic rings. The molecule has 122 valence electrons. The number of hydrogen-bond donors (Lipinski definition) is 1. The number of nitrogens with one attached hydrogen (secondary N) is 1. The molecular weight excluding hydrogens is 293 g/mol. The summed E-state index contributed by atoms with van der Waals surface area (Å²) in [5.41, 5.74) is 2.04. The van der Waals surface area contributed by atoms with E-state index in [4.69, 9.17) is 9.47 Å². The maximum atomic E-state index is 13.1. The summed E-state index contributed by atoms with van der Waals surface area (Å²) >= 11 is 0. The lowest BCUT2D eigenvalue weighted by Gasteiger charge is -2.11. The van der Waals surface area contributed by atoms with E-state index in [2.05, 4.69) is 5.32 Å². The molecule has 1 atom stereocenters. The zero-order chi connectivity index (χ0) is 15.9. The van der Waals surface area contributed by atoms with E-state index >= 15 is 0 Å². The molecular formula is C19H22FNO2. The van der Waals surface area contributed by atoms with Crippen molar-refractivity contribution in [3.63, 3.8) is 0 Å². The van der Waals surface area contributed by atoms with Gasteiger partial charge in [-0.25, -0.2) is 4.39 Å². The first-order valence-corrected chi connectivity index (χ1v) is 8.08. The van der Waals surface area contributed by atoms with Crippen LogP contribution in [0.4, 0.5) is 4.39 Å². The van der Waals surface area contributed by atoms with Gasteiger partial charge in [-0.1, -0.05) is 24.3 Å². The average Bonchev–Trinajstić information content (AvgIpc) is 3.08. The summed E-state index contributed by atoms with van der Waals surface area (Å²) in [6, 6.07) is 14.5. The van der Waals surface area contributed by atoms with Gasteiger partial charge in [0.1, 0.15) is 18.2 Å². The minimum atomic E-state index is -0.237. The van der Waals surface area contributed by atoms with E-state index in [9.17, 15) is 4.39 Å². The van der Waals surface area contributed by atoms with Crippen molar-refractivity contribution >= 4 is 0 Å². The minimum absolute atomic E-state index is 0.237. The van der Waals surface area contributed by atoms with Crippen LogP contribution in [0.15, 0.2) is 48.5 Å². The molecule has 4 heteroatoms. The molecule has 0 aromatic heterocycles. The predicted molar refractivity (Wildman–Crippen MR) is 87.9 cm³/mol. The molecule has 0 spiro atoms. The topological polar surface area (TPSA) is 30.5 Å². The summed E-state index contributed by atoms with van der Waals surface area (Å²) in [5, 5.41) is 3.42. The van der Waals surface area contributed by atoms with E-state index in [1.165, 1.54) is 24.1 Å². The Hall–Kier alpha value is -1.91. The van der Waals surface area contributed by atoms with Gasteiger partial charge in [0.2, 0.25) is 0 Å². The summed E-state index contributed by atoms with van der Waals surface area (Å²) in [6.07, 6.45) is 2.69. The zero-order valence-electron chi connectivity index (χ0n) is 13.1. The molecule has 0 saturated carbocycles. The van der Waals surface area contributed by atoms with Gasteiger partial charge in [-0.2, -0.15) is 0 Å². The smallest absolute Gasteiger partial charge is 0.123 e. The highest BCUT2D eigenvalue weighted by Gasteiger charge is 2.14. The highest BCUT2D eigenvalue weighted by molar-refractivity contribution is 5.27. The van der Waals surface area contributed by atoms with E-state index < -0.39 is 0 Å². The summed E-state index contributed by atoms with van der Waals surface area (Å²) in [6.45, 7) is 2.99. The van der Waals surface area contributed by atoms with E-state index in [0.717, 1.165) is 37.4 Å². The fourth-order valence-corrected chi connectivity index (χ4v) is 2.68. The summed E-state index contributed by atoms with van der Waals surface area (Å²) in [5.74, 6) is 0.552. The maximum absolute atomic E-state index is 13.1. The van der Waals surface area contributed by atoms with Crippen molar-refractivity contribution in [3.05, 3.63) is 65.5 Å². The molecule has 0 aliphatic carbocycles. The third-order valence-electron chi connectivity index (χ3n) is 3.94. The van der Waals surface area contributed by atoms with Crippen molar-refractivity contribution in [3.8, 4) is 5.75 Å². The van der Waals surface area contributed by atoms with Crippen LogP contribution in [0.25, 0.3) is 0 Å². The summed E-state index contributed by atoms with van der Waals surface area (Å²) in [7, 11) is 0. The molecule has 1 fully saturated rings. The normalized spacial score (nSPS) is 17.3. The fourth-order valence-electron chi connectivity index (χ4n) is 2.68. The number of hydrogen-bond acceptors (Lipinski definition) is 3. The van der Waals surface area contributed by atoms with Crippen molar-refractivity contribution in [1.29, 1.82) is 0 Å². The Morgan fingerprint density at radius 1 is 1.13 bits per heavy atom. The molecule has 3 rings (SSSR count). The van der Waals surface area contributed by atoms with Gasteiger partial charge >= 0.3 is 0 Å². The van der Waals surface area contributed by atoms with Crippen LogP contribution in [-0.4, -0.2) is 19.3 Å². The van der Waals surface area contributed by atoms with Crippen LogP contribution < -0.4 is 10.1 Å². The molecule has 2 aromatic carbocycles. The molecule has 1 aliphatic heterocycles. The second-order valence-electron chi connectivity index (χ2n) is 5.83. The van der Waals surface area contributed by atoms with Gasteiger partial charge in [-0.05, 0) is 48.2 Å². The standard InChI is InChI=1S/C19H22FNO2/c20-17-4-1-3-16(11-17)14-23-18-8-6-15(7-9-18)12-21-13-19-5-2-10-22-19/h1,3-4,6-9,11,19,21H,2,5,10,12-14H2/t19-/m0/s1. The lowest BCUT2D eigenvalue weighted by atomic mass is 10.2. The van der Waals surface area contributed by atoms with Crippen LogP contribution in [0.5, 0.6) is 5.75 Å². The lowest BCUT2D eigenvalue weighted by Crippen LogP contribution is -2.25. The average molecular weight is 315 g/mol. The van der Waals surface area contributed by atoms with Gasteiger partial charge in [0.15, 0.2) is 0 Å². The molecule has 1 saturated heterocycles. The Labute approximate surface area is 136 Å². The lowest BCUT2D eigenvalue weighted by molar-refractivity contribution is 0.110. The van der Waals surface area contributed by atoms with Gasteiger partial charge in [-0.3, -0.25) is 0 Å². The van der Waals surface area contributed by atoms with Gasteiger partial charge in [0.25, 0.3) is 0 Å². The van der Waals surface area contributed by atoms with Crippen molar-refractivity contribution in [2.45, 2.75) is 32.1 Å². The Morgan fingerprint density at radius 2 is 2.00 bits per heavy atom. The zero-order valence-corrected chi connectivity index (χ0v) is 13.1. The second kappa shape index (κ2) is 8.09. The monoisotopic (exact) mass is 315 g/mol. The van der Waals surface area contributed by atoms with Crippen LogP contribution in [-0.2, 0) is 17.9 Å². The Kier molecular flexibility index (Phi) is 5.61. The second-order valence-corrected chi connectivity index (χ2v) is 5.83. The van der Waals surface area contributed by atoms with Gasteiger partial charge in [0, 0.05) is 19.7 Å². The molecule has 1 N–H and O–H groups in total. The number of ether oxygens (including phenoxy) is 2. The van der Waals surface area contributed by atoms with Crippen LogP contribution in [0.3, 0.4) is 0 Å². The van der Waals surface area contributed by atoms with Crippen LogP contribution >= 0.6 is 0 Å². The van der Waals surface area contributed by atoms with Gasteiger partial charge in [0.05, 0.1) is 6.10 Å². The van der Waals surface area contributed by atoms with Crippen molar-refractivity contribution < 1.29 is 13.9 Å². The molecule has 0 bridgehead atoms. The van der Waals surface area contributed by atoms with Crippen molar-refractivity contribution in [2.75, 3.05) is 13.2 Å². The van der Waals surface area contributed by atoms with E-state index in [1.807, 2.05) is 30.3 Å². The molecule has 0 radical (unpaired) electrons. The summed E-state index contributed by atoms with van der Waals surface area (Å²) < 4.78 is 24.4. The first-order chi connectivity index (χ1) is 11.3. The third-order valence-corrected chi connectivity index (χ3v) is 3.94. The fraction of sp³-hybridized carbons (Fsp3) is 0.368. The molecule has 3 nitrogen and oxygen atoms in total. The number of benzene rings is 2. The van der Waals surface area contributed by atoms with E-state index in [0.29, 0.717) is 12.7 Å². The molecule has 0 amide bonds. The molecule has 2 aromatic rings. The van der Waals surface area contributed by atoms with Gasteiger partial charge < -0.3 is 14.8 Å². The highest BCUT2D eigenvalue weighted by atomic mass is 19.1. The predicted octanol–water partition coefficient (Wildman–Crippen LogP) is 3.67. The molecule has 23 heavy (non-hydrogen) atoms. The van der Waals surface area contributed by atoms with Crippen LogP contribution in [0, 0.1) is 5.82 Å². The van der Waals surface area contributed by atoms with E-state index in [1.54, 1.807) is 6.07 Å². The number of halogens is 1. The first kappa shape index (κ1) is 16.0. The first-order valence-electron chi connectivity index (χ1n) is 8.08. The van der Waals surface area contributed by atoms with Crippen molar-refractivity contribution in [2.24, 2.45) is 0 Å². The highest BCUT2D eigenvalue weighted by Crippen LogP contribution is 2.15. The summed E-state index contributed by atoms with van der Waals surface area (Å²) in [4.78, 5) is 0. The number of rotatable bonds is 7. The SMILES string of the molecule is Fc1cccc(COc2ccc(CNC[C@@H]3CCCO3)cc2)c1. The Bertz CT molecular complexity index is 609. The Balaban J connectivity index is 1.43. The maximum Gasteiger partial charge on any atom is 0.123 e. The van der Waals surface area contributed by atoms with Crippen molar-refractivity contribution in [1.82, 2.24) is 5.32 Å². The largest absolute Gasteiger partial charge is 0.489 e. The van der Waals surface area contributed by atoms with Crippen LogP contribution in [0.1, 0.15) is 24.0 Å². The van der Waals surface area contributed by atoms with Gasteiger partial charge in [-0.15, -0.1) is 0 Å². The minimum Gasteiger partial charge on any atom is -0.489 e. The molecule has 0 unspecified atom stereocenters. The quantitative estimate of drug-likeness (QED) is 0.845. The third kappa shape index (κ3) is 5.05. The van der Waals surface area contributed by atoms with Crippen LogP contribution in [0.2, 0.25) is 0 Å². The molecule has 1 heterocycles.